The van der Waals surface area contributed by atoms with Gasteiger partial charge in [-0.25, -0.2) is 0 Å². The van der Waals surface area contributed by atoms with Gasteiger partial charge in [-0.05, 0) is 40.6 Å². The first-order valence-corrected chi connectivity index (χ1v) is 11.0. The Hall–Kier alpha value is -3.70. The number of anilines is 1. The van der Waals surface area contributed by atoms with Gasteiger partial charge in [0.15, 0.2) is 0 Å². The van der Waals surface area contributed by atoms with Crippen LogP contribution in [0.2, 0.25) is 0 Å². The van der Waals surface area contributed by atoms with Gasteiger partial charge in [0.1, 0.15) is 5.76 Å². The Balaban J connectivity index is 1.77. The molecule has 0 aromatic heterocycles. The highest BCUT2D eigenvalue weighted by molar-refractivity contribution is 9.10. The Morgan fingerprint density at radius 3 is 2.19 bits per heavy atom. The highest BCUT2D eigenvalue weighted by Gasteiger charge is 2.47. The minimum absolute atomic E-state index is 0.0838. The van der Waals surface area contributed by atoms with Crippen molar-refractivity contribution in [3.63, 3.8) is 0 Å². The fourth-order valence-corrected chi connectivity index (χ4v) is 4.49. The van der Waals surface area contributed by atoms with Crippen LogP contribution in [-0.2, 0) is 9.59 Å². The quantitative estimate of drug-likeness (QED) is 0.213. The Morgan fingerprint density at radius 2 is 1.44 bits per heavy atom. The number of Topliss-reactive ketones (excluding diaryl/α,β-unsaturated/α-hetero) is 1. The molecule has 4 aromatic rings. The Morgan fingerprint density at radius 1 is 0.781 bits per heavy atom. The van der Waals surface area contributed by atoms with E-state index in [4.69, 9.17) is 0 Å². The zero-order valence-corrected chi connectivity index (χ0v) is 18.5. The second kappa shape index (κ2) is 8.09. The molecule has 1 fully saturated rings. The van der Waals surface area contributed by atoms with E-state index >= 15 is 0 Å². The number of carbonyl (C=O) groups is 2. The van der Waals surface area contributed by atoms with Crippen LogP contribution in [0.4, 0.5) is 5.69 Å². The molecule has 0 spiro atoms. The molecule has 4 nitrogen and oxygen atoms in total. The lowest BCUT2D eigenvalue weighted by atomic mass is 9.93. The van der Waals surface area contributed by atoms with E-state index in [0.29, 0.717) is 11.3 Å². The number of ketones is 1. The maximum absolute atomic E-state index is 13.3. The third-order valence-corrected chi connectivity index (χ3v) is 6.24. The number of amides is 1. The van der Waals surface area contributed by atoms with Crippen molar-refractivity contribution >= 4 is 49.8 Å². The number of hydrogen-bond acceptors (Lipinski definition) is 3. The van der Waals surface area contributed by atoms with Gasteiger partial charge in [0.25, 0.3) is 11.7 Å². The van der Waals surface area contributed by atoms with Crippen LogP contribution in [0.15, 0.2) is 107 Å². The highest BCUT2D eigenvalue weighted by atomic mass is 79.9. The molecule has 0 radical (unpaired) electrons. The van der Waals surface area contributed by atoms with Crippen LogP contribution in [0.5, 0.6) is 0 Å². The van der Waals surface area contributed by atoms with Crippen molar-refractivity contribution in [3.8, 4) is 0 Å². The van der Waals surface area contributed by atoms with E-state index in [1.54, 1.807) is 18.2 Å². The molecule has 4 aromatic carbocycles. The summed E-state index contributed by atoms with van der Waals surface area (Å²) in [4.78, 5) is 27.9. The van der Waals surface area contributed by atoms with Crippen LogP contribution < -0.4 is 4.90 Å². The van der Waals surface area contributed by atoms with Crippen molar-refractivity contribution in [2.45, 2.75) is 6.04 Å². The van der Waals surface area contributed by atoms with Crippen molar-refractivity contribution in [3.05, 3.63) is 118 Å². The summed E-state index contributed by atoms with van der Waals surface area (Å²) < 4.78 is 0.866. The SMILES string of the molecule is O=C1C(=O)N(c2ccc(Br)cc2)C(c2ccccc2)/C1=C(/O)c1cccc2ccccc12. The minimum Gasteiger partial charge on any atom is -0.507 e. The standard InChI is InChI=1S/C27H18BrNO3/c28-19-13-15-20(16-14-19)29-24(18-8-2-1-3-9-18)23(26(31)27(29)32)25(30)22-12-6-10-17-7-4-5-11-21(17)22/h1-16,24,30H/b25-23-. The summed E-state index contributed by atoms with van der Waals surface area (Å²) in [6, 6.07) is 29.0. The number of benzene rings is 4. The summed E-state index contributed by atoms with van der Waals surface area (Å²) in [5.74, 6) is -1.54. The van der Waals surface area contributed by atoms with E-state index in [1.165, 1.54) is 4.90 Å². The third-order valence-electron chi connectivity index (χ3n) is 5.71. The normalized spacial score (nSPS) is 17.8. The van der Waals surface area contributed by atoms with E-state index in [2.05, 4.69) is 15.9 Å². The van der Waals surface area contributed by atoms with Gasteiger partial charge < -0.3 is 5.11 Å². The molecule has 156 valence electrons. The van der Waals surface area contributed by atoms with Crippen LogP contribution >= 0.6 is 15.9 Å². The molecule has 1 aliphatic heterocycles. The van der Waals surface area contributed by atoms with Gasteiger partial charge in [-0.15, -0.1) is 0 Å². The van der Waals surface area contributed by atoms with Crippen LogP contribution in [0, 0.1) is 0 Å². The summed E-state index contributed by atoms with van der Waals surface area (Å²) in [5, 5.41) is 13.2. The molecular formula is C27H18BrNO3. The van der Waals surface area contributed by atoms with Gasteiger partial charge in [0, 0.05) is 15.7 Å². The van der Waals surface area contributed by atoms with Crippen LogP contribution in [0.3, 0.4) is 0 Å². The van der Waals surface area contributed by atoms with E-state index in [0.717, 1.165) is 20.8 Å². The predicted octanol–water partition coefficient (Wildman–Crippen LogP) is 6.23. The number of nitrogens with zero attached hydrogens (tertiary/aromatic N) is 1. The van der Waals surface area contributed by atoms with Gasteiger partial charge in [0.2, 0.25) is 0 Å². The number of carbonyl (C=O) groups excluding carboxylic acids is 2. The Bertz CT molecular complexity index is 1370. The molecule has 0 aliphatic carbocycles. The monoisotopic (exact) mass is 483 g/mol. The summed E-state index contributed by atoms with van der Waals surface area (Å²) >= 11 is 3.41. The first kappa shape index (κ1) is 20.2. The van der Waals surface area contributed by atoms with Gasteiger partial charge in [-0.2, -0.15) is 0 Å². The lowest BCUT2D eigenvalue weighted by Gasteiger charge is -2.25. The number of hydrogen-bond donors (Lipinski definition) is 1. The van der Waals surface area contributed by atoms with Gasteiger partial charge in [-0.1, -0.05) is 88.7 Å². The zero-order valence-electron chi connectivity index (χ0n) is 16.9. The third kappa shape index (κ3) is 3.31. The number of aliphatic hydroxyl groups is 1. The molecule has 1 amide bonds. The molecule has 1 heterocycles. The molecule has 5 rings (SSSR count). The lowest BCUT2D eigenvalue weighted by Crippen LogP contribution is -2.29. The maximum Gasteiger partial charge on any atom is 0.300 e. The van der Waals surface area contributed by atoms with E-state index in [-0.39, 0.29) is 11.3 Å². The topological polar surface area (TPSA) is 57.6 Å². The number of fused-ring (bicyclic) bond motifs is 1. The number of aliphatic hydroxyl groups excluding tert-OH is 1. The van der Waals surface area contributed by atoms with Crippen molar-refractivity contribution in [1.82, 2.24) is 0 Å². The summed E-state index contributed by atoms with van der Waals surface area (Å²) in [6.45, 7) is 0. The second-order valence-corrected chi connectivity index (χ2v) is 8.50. The predicted molar refractivity (Wildman–Crippen MR) is 129 cm³/mol. The molecule has 1 N–H and O–H groups in total. The molecule has 0 bridgehead atoms. The van der Waals surface area contributed by atoms with E-state index < -0.39 is 17.7 Å². The molecule has 32 heavy (non-hydrogen) atoms. The molecule has 5 heteroatoms. The smallest absolute Gasteiger partial charge is 0.300 e. The van der Waals surface area contributed by atoms with Gasteiger partial charge in [0.05, 0.1) is 11.6 Å². The molecule has 1 atom stereocenters. The number of rotatable bonds is 3. The zero-order chi connectivity index (χ0) is 22.2. The van der Waals surface area contributed by atoms with Crippen molar-refractivity contribution in [2.75, 3.05) is 4.90 Å². The fraction of sp³-hybridized carbons (Fsp3) is 0.0370. The maximum atomic E-state index is 13.3. The van der Waals surface area contributed by atoms with Crippen molar-refractivity contribution < 1.29 is 14.7 Å². The first-order chi connectivity index (χ1) is 15.6. The number of halogens is 1. The average Bonchev–Trinajstić information content (AvgIpc) is 3.10. The van der Waals surface area contributed by atoms with Crippen molar-refractivity contribution in [2.24, 2.45) is 0 Å². The fourth-order valence-electron chi connectivity index (χ4n) is 4.23. The lowest BCUT2D eigenvalue weighted by molar-refractivity contribution is -0.132. The minimum atomic E-state index is -0.739. The molecular weight excluding hydrogens is 466 g/mol. The Kier molecular flexibility index (Phi) is 5.11. The highest BCUT2D eigenvalue weighted by Crippen LogP contribution is 2.43. The van der Waals surface area contributed by atoms with Gasteiger partial charge >= 0.3 is 0 Å². The van der Waals surface area contributed by atoms with Crippen molar-refractivity contribution in [1.29, 1.82) is 0 Å². The summed E-state index contributed by atoms with van der Waals surface area (Å²) in [6.07, 6.45) is 0. The average molecular weight is 484 g/mol. The Labute approximate surface area is 193 Å². The van der Waals surface area contributed by atoms with E-state index in [9.17, 15) is 14.7 Å². The van der Waals surface area contributed by atoms with Crippen LogP contribution in [0.1, 0.15) is 17.2 Å². The van der Waals surface area contributed by atoms with E-state index in [1.807, 2.05) is 78.9 Å². The molecule has 1 aliphatic rings. The van der Waals surface area contributed by atoms with Crippen LogP contribution in [0.25, 0.3) is 16.5 Å². The largest absolute Gasteiger partial charge is 0.507 e. The van der Waals surface area contributed by atoms with Crippen LogP contribution in [-0.4, -0.2) is 16.8 Å². The molecule has 1 unspecified atom stereocenters. The van der Waals surface area contributed by atoms with Gasteiger partial charge in [-0.3, -0.25) is 14.5 Å². The summed E-state index contributed by atoms with van der Waals surface area (Å²) in [5.41, 5.74) is 1.94. The first-order valence-electron chi connectivity index (χ1n) is 10.2. The second-order valence-electron chi connectivity index (χ2n) is 7.58. The molecule has 0 saturated carbocycles. The molecule has 1 saturated heterocycles. The summed E-state index contributed by atoms with van der Waals surface area (Å²) in [7, 11) is 0.